The van der Waals surface area contributed by atoms with E-state index in [2.05, 4.69) is 175 Å². The Balaban J connectivity index is 1.24. The molecule has 0 bridgehead atoms. The second kappa shape index (κ2) is 10.8. The Bertz CT molecular complexity index is 2830. The summed E-state index contributed by atoms with van der Waals surface area (Å²) in [5.41, 5.74) is 6.48. The topological polar surface area (TPSA) is 16.1 Å². The molecule has 8 aromatic carbocycles. The number of thiophene rings is 1. The van der Waals surface area contributed by atoms with Crippen LogP contribution in [0.15, 0.2) is 170 Å². The third-order valence-electron chi connectivity index (χ3n) is 9.58. The van der Waals surface area contributed by atoms with Gasteiger partial charge in [0.05, 0.1) is 11.2 Å². The van der Waals surface area contributed by atoms with Crippen LogP contribution < -0.4 is 4.90 Å². The molecule has 0 N–H and O–H groups in total. The maximum atomic E-state index is 5.43. The van der Waals surface area contributed by atoms with Crippen molar-refractivity contribution in [2.45, 2.75) is 0 Å². The van der Waals surface area contributed by atoms with Crippen LogP contribution in [0.2, 0.25) is 0 Å². The first-order valence-electron chi connectivity index (χ1n) is 16.3. The zero-order valence-corrected chi connectivity index (χ0v) is 26.8. The first-order chi connectivity index (χ1) is 23.8. The molecule has 0 fully saturated rings. The summed E-state index contributed by atoms with van der Waals surface area (Å²) >= 11 is 1.88. The van der Waals surface area contributed by atoms with Crippen molar-refractivity contribution >= 4 is 91.8 Å². The monoisotopic (exact) mass is 628 g/mol. The Morgan fingerprint density at radius 1 is 0.417 bits per heavy atom. The van der Waals surface area contributed by atoms with Gasteiger partial charge in [0.1, 0.15) is 0 Å². The fourth-order valence-corrected chi connectivity index (χ4v) is 8.68. The molecule has 0 saturated carbocycles. The normalized spacial score (nSPS) is 11.8. The number of para-hydroxylation sites is 2. The Morgan fingerprint density at radius 3 is 1.88 bits per heavy atom. The second-order valence-electron chi connectivity index (χ2n) is 12.3. The van der Waals surface area contributed by atoms with Crippen molar-refractivity contribution < 1.29 is 0 Å². The molecule has 0 aliphatic rings. The summed E-state index contributed by atoms with van der Waals surface area (Å²) in [6, 6.07) is 61.1. The summed E-state index contributed by atoms with van der Waals surface area (Å²) in [4.78, 5) is 7.77. The lowest BCUT2D eigenvalue weighted by molar-refractivity contribution is 1.29. The van der Waals surface area contributed by atoms with Crippen LogP contribution in [0.25, 0.3) is 74.6 Å². The molecule has 0 spiro atoms. The Morgan fingerprint density at radius 2 is 1.04 bits per heavy atom. The lowest BCUT2D eigenvalue weighted by Crippen LogP contribution is -2.09. The van der Waals surface area contributed by atoms with E-state index in [-0.39, 0.29) is 0 Å². The van der Waals surface area contributed by atoms with E-state index in [1.807, 2.05) is 11.3 Å². The number of hydrogen-bond donors (Lipinski definition) is 0. The van der Waals surface area contributed by atoms with Gasteiger partial charge in [-0.2, -0.15) is 0 Å². The number of aromatic nitrogens is 1. The number of pyridine rings is 1. The number of anilines is 3. The Labute approximate surface area is 281 Å². The third-order valence-corrected chi connectivity index (χ3v) is 10.8. The average Bonchev–Trinajstić information content (AvgIpc) is 3.55. The molecule has 2 heterocycles. The Hall–Kier alpha value is -6.03. The van der Waals surface area contributed by atoms with Gasteiger partial charge in [0.2, 0.25) is 0 Å². The predicted molar refractivity (Wildman–Crippen MR) is 207 cm³/mol. The van der Waals surface area contributed by atoms with E-state index in [9.17, 15) is 0 Å². The number of rotatable bonds is 4. The van der Waals surface area contributed by atoms with Crippen LogP contribution >= 0.6 is 11.3 Å². The van der Waals surface area contributed by atoms with Crippen LogP contribution in [0.3, 0.4) is 0 Å². The van der Waals surface area contributed by atoms with Crippen molar-refractivity contribution in [3.05, 3.63) is 170 Å². The van der Waals surface area contributed by atoms with E-state index in [0.717, 1.165) is 33.8 Å². The van der Waals surface area contributed by atoms with E-state index >= 15 is 0 Å². The van der Waals surface area contributed by atoms with E-state index in [1.54, 1.807) is 0 Å². The molecular formula is C45H28N2S. The highest BCUT2D eigenvalue weighted by Crippen LogP contribution is 2.48. The summed E-state index contributed by atoms with van der Waals surface area (Å²) in [7, 11) is 0. The van der Waals surface area contributed by atoms with Crippen LogP contribution in [0.1, 0.15) is 0 Å². The van der Waals surface area contributed by atoms with Crippen molar-refractivity contribution in [2.75, 3.05) is 4.90 Å². The van der Waals surface area contributed by atoms with E-state index in [1.165, 1.54) is 57.9 Å². The van der Waals surface area contributed by atoms with Gasteiger partial charge in [-0.1, -0.05) is 121 Å². The zero-order valence-electron chi connectivity index (χ0n) is 26.0. The van der Waals surface area contributed by atoms with Crippen LogP contribution in [-0.2, 0) is 0 Å². The Kier molecular flexibility index (Phi) is 6.08. The second-order valence-corrected chi connectivity index (χ2v) is 13.4. The minimum atomic E-state index is 1.01. The van der Waals surface area contributed by atoms with E-state index in [0.29, 0.717) is 0 Å². The van der Waals surface area contributed by atoms with Gasteiger partial charge >= 0.3 is 0 Å². The van der Waals surface area contributed by atoms with Crippen molar-refractivity contribution in [1.29, 1.82) is 0 Å². The van der Waals surface area contributed by atoms with Crippen LogP contribution in [0.4, 0.5) is 17.1 Å². The minimum absolute atomic E-state index is 1.01. The zero-order chi connectivity index (χ0) is 31.6. The first-order valence-corrected chi connectivity index (χ1v) is 17.1. The summed E-state index contributed by atoms with van der Waals surface area (Å²) < 4.78 is 2.62. The fourth-order valence-electron chi connectivity index (χ4n) is 7.43. The molecule has 0 aliphatic heterocycles. The third kappa shape index (κ3) is 4.15. The van der Waals surface area contributed by atoms with Gasteiger partial charge in [0.25, 0.3) is 0 Å². The summed E-state index contributed by atoms with van der Waals surface area (Å²) in [5.74, 6) is 0. The van der Waals surface area contributed by atoms with Gasteiger partial charge in [0.15, 0.2) is 0 Å². The smallest absolute Gasteiger partial charge is 0.0795 e. The van der Waals surface area contributed by atoms with Gasteiger partial charge in [-0.25, -0.2) is 4.98 Å². The van der Waals surface area contributed by atoms with Crippen molar-refractivity contribution in [2.24, 2.45) is 0 Å². The molecule has 0 unspecified atom stereocenters. The van der Waals surface area contributed by atoms with Gasteiger partial charge in [-0.3, -0.25) is 0 Å². The maximum absolute atomic E-state index is 5.43. The van der Waals surface area contributed by atoms with Crippen LogP contribution in [0.5, 0.6) is 0 Å². The average molecular weight is 629 g/mol. The molecule has 3 heteroatoms. The van der Waals surface area contributed by atoms with Gasteiger partial charge < -0.3 is 4.90 Å². The van der Waals surface area contributed by atoms with E-state index < -0.39 is 0 Å². The molecule has 0 amide bonds. The molecule has 10 aromatic rings. The lowest BCUT2D eigenvalue weighted by atomic mass is 9.91. The summed E-state index contributed by atoms with van der Waals surface area (Å²) in [5, 5.41) is 11.3. The first kappa shape index (κ1) is 27.1. The molecule has 10 rings (SSSR count). The predicted octanol–water partition coefficient (Wildman–Crippen LogP) is 13.2. The highest BCUT2D eigenvalue weighted by atomic mass is 32.1. The molecule has 224 valence electrons. The molecule has 2 nitrogen and oxygen atoms in total. The van der Waals surface area contributed by atoms with Gasteiger partial charge in [0, 0.05) is 64.3 Å². The molecule has 0 radical (unpaired) electrons. The molecule has 0 atom stereocenters. The molecule has 48 heavy (non-hydrogen) atoms. The quantitative estimate of drug-likeness (QED) is 0.180. The number of fused-ring (bicyclic) bond motifs is 11. The summed E-state index contributed by atoms with van der Waals surface area (Å²) in [6.45, 7) is 0. The van der Waals surface area contributed by atoms with Crippen molar-refractivity contribution in [3.63, 3.8) is 0 Å². The highest BCUT2D eigenvalue weighted by Gasteiger charge is 2.21. The fraction of sp³-hybridized carbons (Fsp3) is 0. The highest BCUT2D eigenvalue weighted by molar-refractivity contribution is 7.27. The largest absolute Gasteiger partial charge is 0.310 e. The maximum Gasteiger partial charge on any atom is 0.0795 e. The lowest BCUT2D eigenvalue weighted by Gasteiger charge is -2.26. The van der Waals surface area contributed by atoms with Crippen LogP contribution in [0, 0.1) is 0 Å². The molecular weight excluding hydrogens is 601 g/mol. The molecule has 0 aliphatic carbocycles. The van der Waals surface area contributed by atoms with Crippen molar-refractivity contribution in [1.82, 2.24) is 4.98 Å². The molecule has 0 saturated heterocycles. The summed E-state index contributed by atoms with van der Waals surface area (Å²) in [6.07, 6.45) is 0. The number of hydrogen-bond acceptors (Lipinski definition) is 3. The van der Waals surface area contributed by atoms with Crippen molar-refractivity contribution in [3.8, 4) is 11.3 Å². The minimum Gasteiger partial charge on any atom is -0.310 e. The van der Waals surface area contributed by atoms with Gasteiger partial charge in [-0.15, -0.1) is 11.3 Å². The SMILES string of the molecule is c1ccc(N(c2ccc(-c3nc4ccccc4c4c5ccccc5c5sc6ccccc6c5c34)cc2)c2ccc3ccccc3c2)cc1. The standard InChI is InChI=1S/C45H28N2S/c1-2-14-32(15-3-1)47(34-27-22-29-12-4-5-13-31(29)28-34)33-25-23-30(24-26-33)44-43-41(37-18-8-10-20-39(37)46-44)35-16-6-7-17-36(35)45-42(43)38-19-9-11-21-40(38)48-45/h1-28H. The number of benzene rings is 8. The van der Waals surface area contributed by atoms with Gasteiger partial charge in [-0.05, 0) is 64.7 Å². The molecule has 2 aromatic heterocycles. The van der Waals surface area contributed by atoms with Crippen LogP contribution in [-0.4, -0.2) is 4.98 Å². The number of nitrogens with zero attached hydrogens (tertiary/aromatic N) is 2. The van der Waals surface area contributed by atoms with E-state index in [4.69, 9.17) is 4.98 Å².